The van der Waals surface area contributed by atoms with Gasteiger partial charge in [0.25, 0.3) is 5.69 Å². The number of sulfonamides is 1. The summed E-state index contributed by atoms with van der Waals surface area (Å²) in [4.78, 5) is 9.92. The minimum Gasteiger partial charge on any atom is -0.258 e. The Morgan fingerprint density at radius 3 is 2.75 bits per heavy atom. The highest BCUT2D eigenvalue weighted by molar-refractivity contribution is 7.89. The number of hydrogen-bond donors (Lipinski definition) is 0. The van der Waals surface area contributed by atoms with Crippen molar-refractivity contribution in [1.29, 1.82) is 5.26 Å². The topological polar surface area (TPSA) is 104 Å². The van der Waals surface area contributed by atoms with E-state index in [-0.39, 0.29) is 23.9 Å². The number of benzene rings is 1. The van der Waals surface area contributed by atoms with E-state index in [1.54, 1.807) is 0 Å². The molecule has 106 valence electrons. The van der Waals surface area contributed by atoms with Gasteiger partial charge in [-0.3, -0.25) is 10.1 Å². The number of para-hydroxylation sites is 1. The third kappa shape index (κ3) is 2.64. The first-order valence-electron chi connectivity index (χ1n) is 6.10. The minimum atomic E-state index is -3.94. The van der Waals surface area contributed by atoms with Crippen molar-refractivity contribution in [2.75, 3.05) is 13.1 Å². The van der Waals surface area contributed by atoms with Crippen LogP contribution in [-0.2, 0) is 10.0 Å². The number of rotatable bonds is 3. The summed E-state index contributed by atoms with van der Waals surface area (Å²) in [7, 11) is -3.94. The van der Waals surface area contributed by atoms with E-state index in [1.165, 1.54) is 24.3 Å². The van der Waals surface area contributed by atoms with Crippen LogP contribution in [0.2, 0.25) is 0 Å². The first-order valence-corrected chi connectivity index (χ1v) is 7.54. The maximum atomic E-state index is 12.5. The molecule has 1 heterocycles. The standard InChI is InChI=1S/C12H13N3O4S/c13-8-10-4-3-7-14(9-10)20(18,19)12-6-2-1-5-11(12)15(16)17/h1-2,5-6,10H,3-4,7,9H2. The second-order valence-corrected chi connectivity index (χ2v) is 6.46. The van der Waals surface area contributed by atoms with Gasteiger partial charge in [-0.05, 0) is 18.9 Å². The maximum Gasteiger partial charge on any atom is 0.289 e. The van der Waals surface area contributed by atoms with Crippen molar-refractivity contribution in [1.82, 2.24) is 4.31 Å². The lowest BCUT2D eigenvalue weighted by Crippen LogP contribution is -2.39. The van der Waals surface area contributed by atoms with Crippen LogP contribution in [0, 0.1) is 27.4 Å². The highest BCUT2D eigenvalue weighted by Gasteiger charge is 2.34. The first kappa shape index (κ1) is 14.4. The number of piperidine rings is 1. The van der Waals surface area contributed by atoms with Crippen LogP contribution in [-0.4, -0.2) is 30.7 Å². The molecule has 1 aromatic rings. The number of nitro benzene ring substituents is 1. The molecular weight excluding hydrogens is 282 g/mol. The largest absolute Gasteiger partial charge is 0.289 e. The molecule has 1 aliphatic rings. The van der Waals surface area contributed by atoms with Crippen molar-refractivity contribution in [3.05, 3.63) is 34.4 Å². The fraction of sp³-hybridized carbons (Fsp3) is 0.417. The third-order valence-corrected chi connectivity index (χ3v) is 5.16. The van der Waals surface area contributed by atoms with Crippen molar-refractivity contribution in [3.63, 3.8) is 0 Å². The van der Waals surface area contributed by atoms with Crippen LogP contribution in [0.15, 0.2) is 29.2 Å². The molecule has 1 atom stereocenters. The lowest BCUT2D eigenvalue weighted by molar-refractivity contribution is -0.387. The predicted molar refractivity (Wildman–Crippen MR) is 70.2 cm³/mol. The molecule has 1 aromatic carbocycles. The van der Waals surface area contributed by atoms with Gasteiger partial charge in [-0.1, -0.05) is 12.1 Å². The second-order valence-electron chi connectivity index (χ2n) is 4.56. The zero-order valence-corrected chi connectivity index (χ0v) is 11.4. The molecule has 0 bridgehead atoms. The van der Waals surface area contributed by atoms with E-state index < -0.39 is 20.6 Å². The van der Waals surface area contributed by atoms with Crippen LogP contribution in [0.3, 0.4) is 0 Å². The summed E-state index contributed by atoms with van der Waals surface area (Å²) in [5, 5.41) is 19.9. The molecule has 8 heteroatoms. The van der Waals surface area contributed by atoms with Crippen molar-refractivity contribution < 1.29 is 13.3 Å². The Hall–Kier alpha value is -1.98. The average molecular weight is 295 g/mol. The molecule has 0 radical (unpaired) electrons. The highest BCUT2D eigenvalue weighted by Crippen LogP contribution is 2.29. The van der Waals surface area contributed by atoms with Gasteiger partial charge in [0.05, 0.1) is 16.9 Å². The summed E-state index contributed by atoms with van der Waals surface area (Å²) >= 11 is 0. The second kappa shape index (κ2) is 5.56. The highest BCUT2D eigenvalue weighted by atomic mass is 32.2. The number of nitrogens with zero attached hydrogens (tertiary/aromatic N) is 3. The maximum absolute atomic E-state index is 12.5. The summed E-state index contributed by atoms with van der Waals surface area (Å²) < 4.78 is 26.1. The van der Waals surface area contributed by atoms with Crippen LogP contribution >= 0.6 is 0 Å². The summed E-state index contributed by atoms with van der Waals surface area (Å²) in [5.41, 5.74) is -0.438. The fourth-order valence-corrected chi connectivity index (χ4v) is 3.91. The Bertz CT molecular complexity index is 666. The van der Waals surface area contributed by atoms with Crippen molar-refractivity contribution in [2.45, 2.75) is 17.7 Å². The molecule has 7 nitrogen and oxygen atoms in total. The van der Waals surface area contributed by atoms with Gasteiger partial charge in [-0.2, -0.15) is 9.57 Å². The van der Waals surface area contributed by atoms with Crippen molar-refractivity contribution >= 4 is 15.7 Å². The van der Waals surface area contributed by atoms with E-state index in [2.05, 4.69) is 6.07 Å². The summed E-state index contributed by atoms with van der Waals surface area (Å²) in [5.74, 6) is -0.360. The Balaban J connectivity index is 2.41. The van der Waals surface area contributed by atoms with Gasteiger partial charge in [-0.25, -0.2) is 8.42 Å². The normalized spacial score (nSPS) is 20.2. The van der Waals surface area contributed by atoms with Crippen LogP contribution in [0.1, 0.15) is 12.8 Å². The van der Waals surface area contributed by atoms with Gasteiger partial charge >= 0.3 is 0 Å². The molecule has 0 spiro atoms. The molecule has 0 amide bonds. The Morgan fingerprint density at radius 1 is 1.40 bits per heavy atom. The molecule has 0 N–H and O–H groups in total. The van der Waals surface area contributed by atoms with Gasteiger partial charge in [0.2, 0.25) is 10.0 Å². The number of nitro groups is 1. The lowest BCUT2D eigenvalue weighted by atomic mass is 10.0. The SMILES string of the molecule is N#CC1CCCN(S(=O)(=O)c2ccccc2[N+](=O)[O-])C1. The minimum absolute atomic E-state index is 0.0882. The first-order chi connectivity index (χ1) is 9.46. The van der Waals surface area contributed by atoms with Crippen LogP contribution in [0.4, 0.5) is 5.69 Å². The van der Waals surface area contributed by atoms with E-state index in [1.807, 2.05) is 0 Å². The molecule has 1 fully saturated rings. The smallest absolute Gasteiger partial charge is 0.258 e. The third-order valence-electron chi connectivity index (χ3n) is 3.25. The van der Waals surface area contributed by atoms with E-state index in [9.17, 15) is 18.5 Å². The van der Waals surface area contributed by atoms with Crippen LogP contribution in [0.25, 0.3) is 0 Å². The zero-order chi connectivity index (χ0) is 14.8. The Kier molecular flexibility index (Phi) is 4.01. The van der Waals surface area contributed by atoms with Crippen LogP contribution in [0.5, 0.6) is 0 Å². The van der Waals surface area contributed by atoms with Gasteiger partial charge in [-0.15, -0.1) is 0 Å². The molecule has 2 rings (SSSR count). The molecule has 1 unspecified atom stereocenters. The molecule has 1 aliphatic heterocycles. The van der Waals surface area contributed by atoms with E-state index >= 15 is 0 Å². The quantitative estimate of drug-likeness (QED) is 0.621. The Labute approximate surface area is 116 Å². The zero-order valence-electron chi connectivity index (χ0n) is 10.6. The molecule has 0 saturated carbocycles. The van der Waals surface area contributed by atoms with E-state index in [0.29, 0.717) is 12.8 Å². The molecular formula is C12H13N3O4S. The predicted octanol–water partition coefficient (Wildman–Crippen LogP) is 1.52. The monoisotopic (exact) mass is 295 g/mol. The average Bonchev–Trinajstić information content (AvgIpc) is 2.47. The molecule has 0 aliphatic carbocycles. The summed E-state index contributed by atoms with van der Waals surface area (Å²) in [6, 6.07) is 7.32. The van der Waals surface area contributed by atoms with Gasteiger partial charge in [0, 0.05) is 19.2 Å². The lowest BCUT2D eigenvalue weighted by Gasteiger charge is -2.28. The van der Waals surface area contributed by atoms with Crippen molar-refractivity contribution in [2.24, 2.45) is 5.92 Å². The van der Waals surface area contributed by atoms with Crippen LogP contribution < -0.4 is 0 Å². The molecule has 1 saturated heterocycles. The summed E-state index contributed by atoms with van der Waals surface area (Å²) in [6.07, 6.45) is 1.23. The molecule has 20 heavy (non-hydrogen) atoms. The number of hydrogen-bond acceptors (Lipinski definition) is 5. The van der Waals surface area contributed by atoms with Gasteiger partial charge in [0.15, 0.2) is 4.90 Å². The fourth-order valence-electron chi connectivity index (χ4n) is 2.23. The summed E-state index contributed by atoms with van der Waals surface area (Å²) in [6.45, 7) is 0.372. The Morgan fingerprint density at radius 2 is 2.10 bits per heavy atom. The van der Waals surface area contributed by atoms with E-state index in [0.717, 1.165) is 4.31 Å². The van der Waals surface area contributed by atoms with Gasteiger partial charge < -0.3 is 0 Å². The number of nitriles is 1. The van der Waals surface area contributed by atoms with E-state index in [4.69, 9.17) is 5.26 Å². The van der Waals surface area contributed by atoms with Gasteiger partial charge in [0.1, 0.15) is 0 Å². The van der Waals surface area contributed by atoms with Crippen molar-refractivity contribution in [3.8, 4) is 6.07 Å². The molecule has 0 aromatic heterocycles.